The number of aromatic nitrogens is 4. The molecule has 1 aliphatic heterocycles. The van der Waals surface area contributed by atoms with Gasteiger partial charge in [0.05, 0.1) is 28.9 Å². The van der Waals surface area contributed by atoms with Crippen LogP contribution in [0.5, 0.6) is 11.5 Å². The molecule has 0 aliphatic carbocycles. The van der Waals surface area contributed by atoms with Crippen molar-refractivity contribution in [2.45, 2.75) is 38.9 Å². The van der Waals surface area contributed by atoms with Crippen molar-refractivity contribution in [2.24, 2.45) is 7.05 Å². The van der Waals surface area contributed by atoms with Gasteiger partial charge in [-0.3, -0.25) is 9.25 Å². The standard InChI is InChI=1S/C33H35ClFN5O4S/c1-4-42-33(41)32-29(17-30(45-32)40-20-36-26-16-22(8-9-27(26)40)23-18-37-38(3)19-23)43-21(2)25-6-5-7-28(31(25)34)44-24-10-13-39(14-11-24)15-12-35/h5-9,16-21,24H,4,10-15H2,1-3H3/t21-/m1/s1. The highest BCUT2D eigenvalue weighted by Gasteiger charge is 2.26. The maximum absolute atomic E-state index is 13.0. The summed E-state index contributed by atoms with van der Waals surface area (Å²) in [4.78, 5) is 20.1. The van der Waals surface area contributed by atoms with Gasteiger partial charge in [0.25, 0.3) is 0 Å². The van der Waals surface area contributed by atoms with Crippen molar-refractivity contribution in [1.29, 1.82) is 0 Å². The van der Waals surface area contributed by atoms with Crippen molar-refractivity contribution in [3.8, 4) is 27.6 Å². The predicted molar refractivity (Wildman–Crippen MR) is 174 cm³/mol. The van der Waals surface area contributed by atoms with Crippen LogP contribution in [-0.2, 0) is 11.8 Å². The van der Waals surface area contributed by atoms with Crippen molar-refractivity contribution in [2.75, 3.05) is 32.9 Å². The third-order valence-electron chi connectivity index (χ3n) is 7.93. The highest BCUT2D eigenvalue weighted by Crippen LogP contribution is 2.40. The van der Waals surface area contributed by atoms with E-state index in [9.17, 15) is 9.18 Å². The number of ether oxygens (including phenoxy) is 3. The lowest BCUT2D eigenvalue weighted by Crippen LogP contribution is -2.39. The Morgan fingerprint density at radius 3 is 2.71 bits per heavy atom. The Labute approximate surface area is 270 Å². The number of rotatable bonds is 11. The van der Waals surface area contributed by atoms with E-state index >= 15 is 0 Å². The van der Waals surface area contributed by atoms with Crippen LogP contribution in [0.25, 0.3) is 27.2 Å². The van der Waals surface area contributed by atoms with E-state index < -0.39 is 12.1 Å². The molecule has 1 fully saturated rings. The monoisotopic (exact) mass is 651 g/mol. The molecule has 1 aliphatic rings. The molecule has 0 saturated carbocycles. The molecule has 4 heterocycles. The van der Waals surface area contributed by atoms with Crippen molar-refractivity contribution in [3.63, 3.8) is 0 Å². The van der Waals surface area contributed by atoms with Gasteiger partial charge < -0.3 is 19.1 Å². The lowest BCUT2D eigenvalue weighted by Gasteiger charge is -2.31. The average molecular weight is 652 g/mol. The van der Waals surface area contributed by atoms with Gasteiger partial charge in [-0.05, 0) is 50.5 Å². The van der Waals surface area contributed by atoms with Crippen LogP contribution in [0, 0.1) is 0 Å². The molecular formula is C33H35ClFN5O4S. The third kappa shape index (κ3) is 6.70. The molecule has 2 aromatic carbocycles. The Bertz CT molecular complexity index is 1790. The molecule has 0 amide bonds. The first-order valence-electron chi connectivity index (χ1n) is 15.0. The second kappa shape index (κ2) is 13.6. The highest BCUT2D eigenvalue weighted by atomic mass is 35.5. The topological polar surface area (TPSA) is 83.6 Å². The first-order chi connectivity index (χ1) is 21.8. The third-order valence-corrected chi connectivity index (χ3v) is 9.43. The summed E-state index contributed by atoms with van der Waals surface area (Å²) in [6.45, 7) is 5.60. The van der Waals surface area contributed by atoms with Crippen LogP contribution in [0.2, 0.25) is 5.02 Å². The predicted octanol–water partition coefficient (Wildman–Crippen LogP) is 7.27. The number of carbonyl (C=O) groups excluding carboxylic acids is 1. The van der Waals surface area contributed by atoms with Gasteiger partial charge in [-0.1, -0.05) is 29.8 Å². The van der Waals surface area contributed by atoms with E-state index in [-0.39, 0.29) is 19.4 Å². The van der Waals surface area contributed by atoms with Gasteiger partial charge in [0.1, 0.15) is 41.7 Å². The van der Waals surface area contributed by atoms with Crippen LogP contribution in [0.4, 0.5) is 4.39 Å². The summed E-state index contributed by atoms with van der Waals surface area (Å²) >= 11 is 8.14. The molecule has 6 rings (SSSR count). The second-order valence-electron chi connectivity index (χ2n) is 11.0. The van der Waals surface area contributed by atoms with Crippen molar-refractivity contribution in [3.05, 3.63) is 76.6 Å². The number of halogens is 2. The maximum Gasteiger partial charge on any atom is 0.352 e. The Balaban J connectivity index is 1.24. The number of aryl methyl sites for hydroxylation is 1. The van der Waals surface area contributed by atoms with Gasteiger partial charge in [-0.15, -0.1) is 11.3 Å². The molecule has 12 heteroatoms. The fourth-order valence-electron chi connectivity index (χ4n) is 5.58. The summed E-state index contributed by atoms with van der Waals surface area (Å²) in [5, 5.41) is 5.50. The number of imidazole rings is 1. The number of alkyl halides is 1. The number of likely N-dealkylation sites (tertiary alicyclic amines) is 1. The average Bonchev–Trinajstić information content (AvgIpc) is 3.77. The zero-order chi connectivity index (χ0) is 31.5. The highest BCUT2D eigenvalue weighted by molar-refractivity contribution is 7.16. The zero-order valence-electron chi connectivity index (χ0n) is 25.4. The summed E-state index contributed by atoms with van der Waals surface area (Å²) in [5.41, 5.74) is 4.47. The van der Waals surface area contributed by atoms with Gasteiger partial charge in [-0.25, -0.2) is 14.2 Å². The fourth-order valence-corrected chi connectivity index (χ4v) is 6.87. The Morgan fingerprint density at radius 2 is 1.98 bits per heavy atom. The maximum atomic E-state index is 13.0. The van der Waals surface area contributed by atoms with Crippen molar-refractivity contribution in [1.82, 2.24) is 24.2 Å². The van der Waals surface area contributed by atoms with Crippen LogP contribution in [0.3, 0.4) is 0 Å². The summed E-state index contributed by atoms with van der Waals surface area (Å²) in [6.07, 6.45) is 6.64. The molecule has 3 aromatic heterocycles. The molecule has 5 aromatic rings. The number of thiophene rings is 1. The van der Waals surface area contributed by atoms with Crippen LogP contribution in [0.15, 0.2) is 61.2 Å². The first-order valence-corrected chi connectivity index (χ1v) is 16.2. The molecular weight excluding hydrogens is 617 g/mol. The Hall–Kier alpha value is -3.93. The number of esters is 1. The minimum atomic E-state index is -0.496. The van der Waals surface area contributed by atoms with E-state index in [0.29, 0.717) is 27.9 Å². The van der Waals surface area contributed by atoms with Crippen molar-refractivity contribution < 1.29 is 23.4 Å². The lowest BCUT2D eigenvalue weighted by molar-refractivity contribution is 0.0525. The van der Waals surface area contributed by atoms with E-state index in [1.165, 1.54) is 11.3 Å². The smallest absolute Gasteiger partial charge is 0.352 e. The number of benzene rings is 2. The molecule has 0 N–H and O–H groups in total. The zero-order valence-corrected chi connectivity index (χ0v) is 27.0. The minimum absolute atomic E-state index is 0.00475. The molecule has 9 nitrogen and oxygen atoms in total. The Morgan fingerprint density at radius 1 is 1.16 bits per heavy atom. The van der Waals surface area contributed by atoms with E-state index in [4.69, 9.17) is 25.8 Å². The van der Waals surface area contributed by atoms with Crippen LogP contribution in [-0.4, -0.2) is 69.2 Å². The largest absolute Gasteiger partial charge is 0.489 e. The number of nitrogens with zero attached hydrogens (tertiary/aromatic N) is 5. The van der Waals surface area contributed by atoms with Gasteiger partial charge in [0, 0.05) is 50.1 Å². The molecule has 1 atom stereocenters. The molecule has 1 saturated heterocycles. The summed E-state index contributed by atoms with van der Waals surface area (Å²) in [7, 11) is 1.89. The van der Waals surface area contributed by atoms with Gasteiger partial charge in [0.15, 0.2) is 4.88 Å². The molecule has 236 valence electrons. The number of piperidine rings is 1. The Kier molecular flexibility index (Phi) is 9.39. The normalized spacial score (nSPS) is 15.0. The molecule has 0 radical (unpaired) electrons. The summed E-state index contributed by atoms with van der Waals surface area (Å²) < 4.78 is 34.5. The van der Waals surface area contributed by atoms with Gasteiger partial charge in [0.2, 0.25) is 0 Å². The SMILES string of the molecule is CCOC(=O)c1sc(-n2cnc3cc(-c4cnn(C)c4)ccc32)cc1O[C@H](C)c1cccc(OC2CCN(CCF)CC2)c1Cl. The first kappa shape index (κ1) is 31.1. The molecule has 0 bridgehead atoms. The second-order valence-corrected chi connectivity index (χ2v) is 12.4. The molecule has 45 heavy (non-hydrogen) atoms. The summed E-state index contributed by atoms with van der Waals surface area (Å²) in [6, 6.07) is 13.5. The van der Waals surface area contributed by atoms with Crippen LogP contribution in [0.1, 0.15) is 48.0 Å². The fraction of sp³-hybridized carbons (Fsp3) is 0.364. The van der Waals surface area contributed by atoms with Crippen LogP contribution < -0.4 is 9.47 Å². The number of fused-ring (bicyclic) bond motifs is 1. The van der Waals surface area contributed by atoms with Crippen LogP contribution >= 0.6 is 22.9 Å². The van der Waals surface area contributed by atoms with Crippen molar-refractivity contribution >= 4 is 39.9 Å². The molecule has 0 unspecified atom stereocenters. The minimum Gasteiger partial charge on any atom is -0.489 e. The lowest BCUT2D eigenvalue weighted by atomic mass is 10.1. The van der Waals surface area contributed by atoms with E-state index in [2.05, 4.69) is 15.0 Å². The van der Waals surface area contributed by atoms with E-state index in [1.54, 1.807) is 17.9 Å². The number of hydrogen-bond acceptors (Lipinski definition) is 8. The van der Waals surface area contributed by atoms with E-state index in [1.807, 2.05) is 73.4 Å². The molecule has 0 spiro atoms. The van der Waals surface area contributed by atoms with Gasteiger partial charge in [-0.2, -0.15) is 5.10 Å². The number of carbonyl (C=O) groups is 1. The van der Waals surface area contributed by atoms with Gasteiger partial charge >= 0.3 is 5.97 Å². The number of hydrogen-bond donors (Lipinski definition) is 0. The van der Waals surface area contributed by atoms with E-state index in [0.717, 1.165) is 58.7 Å². The quantitative estimate of drug-likeness (QED) is 0.139. The summed E-state index contributed by atoms with van der Waals surface area (Å²) in [5.74, 6) is 0.527.